The van der Waals surface area contributed by atoms with Crippen LogP contribution in [0.1, 0.15) is 39.2 Å². The molecule has 0 aliphatic rings. The topological polar surface area (TPSA) is 29.5 Å². The molecule has 0 saturated heterocycles. The molecule has 1 atom stereocenters. The summed E-state index contributed by atoms with van der Waals surface area (Å²) in [6.45, 7) is 6.84. The summed E-state index contributed by atoms with van der Waals surface area (Å²) in [4.78, 5) is 0. The molecule has 0 aliphatic carbocycles. The molecule has 114 valence electrons. The molecule has 1 aromatic carbocycles. The third kappa shape index (κ3) is 5.16. The largest absolute Gasteiger partial charge is 0.425 e. The maximum Gasteiger partial charge on any atom is 0.376 e. The molecule has 0 aliphatic heterocycles. The van der Waals surface area contributed by atoms with Crippen molar-refractivity contribution in [3.63, 3.8) is 0 Å². The molecule has 1 unspecified atom stereocenters. The predicted molar refractivity (Wildman–Crippen MR) is 89.7 cm³/mol. The smallest absolute Gasteiger partial charge is 0.376 e. The summed E-state index contributed by atoms with van der Waals surface area (Å²) >= 11 is 1.46. The highest BCUT2D eigenvalue weighted by molar-refractivity contribution is 8.55. The van der Waals surface area contributed by atoms with Crippen molar-refractivity contribution in [1.29, 1.82) is 0 Å². The molecule has 3 nitrogen and oxygen atoms in total. The van der Waals surface area contributed by atoms with E-state index in [1.54, 1.807) is 0 Å². The van der Waals surface area contributed by atoms with Crippen molar-refractivity contribution in [2.75, 3.05) is 18.8 Å². The van der Waals surface area contributed by atoms with Gasteiger partial charge in [-0.3, -0.25) is 0 Å². The third-order valence-electron chi connectivity index (χ3n) is 3.07. The Kier molecular flexibility index (Phi) is 7.71. The Morgan fingerprint density at radius 2 is 1.75 bits per heavy atom. The van der Waals surface area contributed by atoms with Crippen LogP contribution in [0.25, 0.3) is 0 Å². The molecule has 0 N–H and O–H groups in total. The van der Waals surface area contributed by atoms with Crippen LogP contribution in [0.3, 0.4) is 0 Å². The summed E-state index contributed by atoms with van der Waals surface area (Å²) < 4.78 is 21.0. The zero-order chi connectivity index (χ0) is 15.0. The van der Waals surface area contributed by atoms with E-state index in [-0.39, 0.29) is 0 Å². The molecule has 0 saturated carbocycles. The minimum atomic E-state index is -2.85. The number of nitrogens with zero attached hydrogens (tertiary/aromatic N) is 1. The quantitative estimate of drug-likeness (QED) is 0.453. The van der Waals surface area contributed by atoms with E-state index in [2.05, 4.69) is 6.92 Å². The molecular formula is C15H26NO2PS. The maximum absolute atomic E-state index is 13.2. The summed E-state index contributed by atoms with van der Waals surface area (Å²) in [5, 5.41) is 0. The Balaban J connectivity index is 2.85. The molecule has 0 radical (unpaired) electrons. The lowest BCUT2D eigenvalue weighted by Crippen LogP contribution is -2.21. The monoisotopic (exact) mass is 315 g/mol. The zero-order valence-corrected chi connectivity index (χ0v) is 14.7. The van der Waals surface area contributed by atoms with Crippen LogP contribution in [0, 0.1) is 6.92 Å². The van der Waals surface area contributed by atoms with E-state index >= 15 is 0 Å². The van der Waals surface area contributed by atoms with Gasteiger partial charge in [-0.25, -0.2) is 9.24 Å². The molecular weight excluding hydrogens is 289 g/mol. The fourth-order valence-corrected chi connectivity index (χ4v) is 6.53. The van der Waals surface area contributed by atoms with Crippen LogP contribution in [-0.4, -0.2) is 23.5 Å². The Bertz CT molecular complexity index is 432. The first-order valence-electron chi connectivity index (χ1n) is 7.32. The van der Waals surface area contributed by atoms with Gasteiger partial charge in [0.2, 0.25) is 0 Å². The van der Waals surface area contributed by atoms with Crippen LogP contribution in [0.15, 0.2) is 24.3 Å². The van der Waals surface area contributed by atoms with Gasteiger partial charge in [0.05, 0.1) is 0 Å². The molecule has 0 aromatic heterocycles. The maximum atomic E-state index is 13.2. The molecule has 0 fully saturated rings. The van der Waals surface area contributed by atoms with E-state index in [0.29, 0.717) is 5.75 Å². The van der Waals surface area contributed by atoms with E-state index < -0.39 is 6.72 Å². The number of aryl methyl sites for hydroxylation is 1. The van der Waals surface area contributed by atoms with Gasteiger partial charge in [0.15, 0.2) is 0 Å². The van der Waals surface area contributed by atoms with Crippen molar-refractivity contribution in [3.8, 4) is 5.75 Å². The van der Waals surface area contributed by atoms with Crippen LogP contribution in [-0.2, 0) is 4.57 Å². The van der Waals surface area contributed by atoms with Gasteiger partial charge in [0, 0.05) is 18.8 Å². The van der Waals surface area contributed by atoms with Gasteiger partial charge in [-0.05, 0) is 36.9 Å². The van der Waals surface area contributed by atoms with Crippen LogP contribution in [0.5, 0.6) is 5.75 Å². The standard InChI is InChI=1S/C15H26NO2PS/c1-5-8-13-20-19(17,16(6-2)7-3)18-15-11-9-14(4)10-12-15/h9-12H,5-8,13H2,1-4H3. The van der Waals surface area contributed by atoms with Crippen LogP contribution >= 0.6 is 18.1 Å². The number of unbranched alkanes of at least 4 members (excludes halogenated alkanes) is 1. The Labute approximate surface area is 127 Å². The fraction of sp³-hybridized carbons (Fsp3) is 0.600. The minimum absolute atomic E-state index is 0.690. The Hall–Kier alpha value is -0.440. The van der Waals surface area contributed by atoms with Crippen molar-refractivity contribution < 1.29 is 9.09 Å². The molecule has 0 heterocycles. The van der Waals surface area contributed by atoms with Crippen molar-refractivity contribution in [2.45, 2.75) is 40.5 Å². The molecule has 1 aromatic rings. The lowest BCUT2D eigenvalue weighted by atomic mass is 10.2. The molecule has 1 rings (SSSR count). The SMILES string of the molecule is CCCCSP(=O)(Oc1ccc(C)cc1)N(CC)CC. The van der Waals surface area contributed by atoms with E-state index in [9.17, 15) is 4.57 Å². The fourth-order valence-electron chi connectivity index (χ4n) is 1.79. The van der Waals surface area contributed by atoms with Gasteiger partial charge < -0.3 is 4.52 Å². The van der Waals surface area contributed by atoms with Gasteiger partial charge in [-0.2, -0.15) is 0 Å². The van der Waals surface area contributed by atoms with Crippen LogP contribution < -0.4 is 4.52 Å². The van der Waals surface area contributed by atoms with E-state index in [0.717, 1.165) is 31.7 Å². The second kappa shape index (κ2) is 8.76. The summed E-state index contributed by atoms with van der Waals surface area (Å²) in [6, 6.07) is 7.76. The Morgan fingerprint density at radius 3 is 2.25 bits per heavy atom. The zero-order valence-electron chi connectivity index (χ0n) is 13.0. The average molecular weight is 315 g/mol. The molecule has 20 heavy (non-hydrogen) atoms. The van der Waals surface area contributed by atoms with Crippen LogP contribution in [0.2, 0.25) is 0 Å². The second-order valence-electron chi connectivity index (χ2n) is 4.70. The van der Waals surface area contributed by atoms with E-state index in [1.807, 2.05) is 49.7 Å². The second-order valence-corrected chi connectivity index (χ2v) is 9.21. The average Bonchev–Trinajstić information content (AvgIpc) is 2.43. The van der Waals surface area contributed by atoms with E-state index in [1.165, 1.54) is 16.9 Å². The third-order valence-corrected chi connectivity index (χ3v) is 8.01. The highest BCUT2D eigenvalue weighted by Gasteiger charge is 2.31. The molecule has 0 bridgehead atoms. The van der Waals surface area contributed by atoms with Crippen molar-refractivity contribution in [2.24, 2.45) is 0 Å². The first kappa shape index (κ1) is 17.6. The number of rotatable bonds is 9. The van der Waals surface area contributed by atoms with Crippen molar-refractivity contribution in [3.05, 3.63) is 29.8 Å². The van der Waals surface area contributed by atoms with E-state index in [4.69, 9.17) is 4.52 Å². The van der Waals surface area contributed by atoms with Gasteiger partial charge >= 0.3 is 6.72 Å². The summed E-state index contributed by atoms with van der Waals surface area (Å²) in [5.41, 5.74) is 1.17. The first-order chi connectivity index (χ1) is 9.55. The number of hydrogen-bond donors (Lipinski definition) is 0. The Morgan fingerprint density at radius 1 is 1.15 bits per heavy atom. The summed E-state index contributed by atoms with van der Waals surface area (Å²) in [6.07, 6.45) is 2.17. The highest BCUT2D eigenvalue weighted by Crippen LogP contribution is 2.61. The van der Waals surface area contributed by atoms with Crippen molar-refractivity contribution >= 4 is 18.1 Å². The number of benzene rings is 1. The van der Waals surface area contributed by atoms with Gasteiger partial charge in [0.25, 0.3) is 0 Å². The van der Waals surface area contributed by atoms with Gasteiger partial charge in [0.1, 0.15) is 5.75 Å². The van der Waals surface area contributed by atoms with Gasteiger partial charge in [-0.1, -0.05) is 44.9 Å². The number of hydrogen-bond acceptors (Lipinski definition) is 3. The molecule has 5 heteroatoms. The van der Waals surface area contributed by atoms with Crippen molar-refractivity contribution in [1.82, 2.24) is 4.67 Å². The summed E-state index contributed by atoms with van der Waals surface area (Å²) in [5.74, 6) is 1.56. The lowest BCUT2D eigenvalue weighted by Gasteiger charge is -2.28. The lowest BCUT2D eigenvalue weighted by molar-refractivity contribution is 0.389. The predicted octanol–water partition coefficient (Wildman–Crippen LogP) is 5.36. The summed E-state index contributed by atoms with van der Waals surface area (Å²) in [7, 11) is 0. The molecule has 0 amide bonds. The first-order valence-corrected chi connectivity index (χ1v) is 10.5. The highest BCUT2D eigenvalue weighted by atomic mass is 32.7. The normalized spacial score (nSPS) is 14.2. The van der Waals surface area contributed by atoms with Crippen LogP contribution in [0.4, 0.5) is 0 Å². The molecule has 0 spiro atoms. The van der Waals surface area contributed by atoms with Gasteiger partial charge in [-0.15, -0.1) is 0 Å². The minimum Gasteiger partial charge on any atom is -0.425 e.